The largest absolute Gasteiger partial charge is 0.356 e. The van der Waals surface area contributed by atoms with Crippen molar-refractivity contribution in [1.29, 1.82) is 0 Å². The molecule has 0 N–H and O–H groups in total. The van der Waals surface area contributed by atoms with Gasteiger partial charge in [-0.05, 0) is 70.1 Å². The Labute approximate surface area is 185 Å². The first-order chi connectivity index (χ1) is 15.1. The first kappa shape index (κ1) is 20.5. The molecule has 2 atom stereocenters. The average Bonchev–Trinajstić information content (AvgIpc) is 3.44. The molecule has 0 unspecified atom stereocenters. The lowest BCUT2D eigenvalue weighted by atomic mass is 9.91. The van der Waals surface area contributed by atoms with Gasteiger partial charge in [-0.2, -0.15) is 0 Å². The maximum Gasteiger partial charge on any atom is 0.138 e. The standard InChI is InChI=1S/C25H34N6/c1-4-29(22-10-5-8-19-9-7-14-26-25(19)22)16-20-17-31-23(27-20)11-6-12-24(31)30-15-13-21(18-30)28(2)3/h6-7,9,11-12,14,17,21-22H,4-5,8,10,13,15-16,18H2,1-3H3/t21-,22+/m1/s1. The zero-order chi connectivity index (χ0) is 21.4. The Bertz CT molecular complexity index is 1040. The van der Waals surface area contributed by atoms with Crippen molar-refractivity contribution in [2.75, 3.05) is 38.6 Å². The smallest absolute Gasteiger partial charge is 0.138 e. The minimum Gasteiger partial charge on any atom is -0.356 e. The van der Waals surface area contributed by atoms with Crippen LogP contribution in [0, 0.1) is 0 Å². The predicted molar refractivity (Wildman–Crippen MR) is 125 cm³/mol. The summed E-state index contributed by atoms with van der Waals surface area (Å²) in [5.74, 6) is 1.26. The van der Waals surface area contributed by atoms with Gasteiger partial charge in [-0.15, -0.1) is 0 Å². The van der Waals surface area contributed by atoms with Gasteiger partial charge in [0.25, 0.3) is 0 Å². The van der Waals surface area contributed by atoms with E-state index in [1.807, 2.05) is 6.20 Å². The van der Waals surface area contributed by atoms with Crippen LogP contribution in [0.3, 0.4) is 0 Å². The summed E-state index contributed by atoms with van der Waals surface area (Å²) >= 11 is 0. The van der Waals surface area contributed by atoms with Crippen LogP contribution in [0.2, 0.25) is 0 Å². The Morgan fingerprint density at radius 2 is 2.03 bits per heavy atom. The molecule has 0 bridgehead atoms. The number of fused-ring (bicyclic) bond motifs is 2. The van der Waals surface area contributed by atoms with Gasteiger partial charge in [0.15, 0.2) is 0 Å². The Kier molecular flexibility index (Phi) is 5.67. The SMILES string of the molecule is CCN(Cc1cn2c(N3CC[C@@H](N(C)C)C3)cccc2n1)[C@H]1CCCc2cccnc21. The monoisotopic (exact) mass is 418 g/mol. The zero-order valence-electron chi connectivity index (χ0n) is 19.0. The van der Waals surface area contributed by atoms with E-state index in [1.54, 1.807) is 0 Å². The van der Waals surface area contributed by atoms with Gasteiger partial charge >= 0.3 is 0 Å². The lowest BCUT2D eigenvalue weighted by Crippen LogP contribution is -2.32. The molecule has 31 heavy (non-hydrogen) atoms. The van der Waals surface area contributed by atoms with E-state index in [-0.39, 0.29) is 0 Å². The second-order valence-electron chi connectivity index (χ2n) is 9.22. The van der Waals surface area contributed by atoms with E-state index in [9.17, 15) is 0 Å². The Balaban J connectivity index is 1.40. The normalized spacial score (nSPS) is 21.4. The molecule has 2 aliphatic rings. The zero-order valence-corrected chi connectivity index (χ0v) is 19.0. The van der Waals surface area contributed by atoms with Gasteiger partial charge in [0.05, 0.1) is 17.4 Å². The number of aryl methyl sites for hydroxylation is 1. The molecule has 1 aliphatic carbocycles. The highest BCUT2D eigenvalue weighted by molar-refractivity contribution is 5.53. The molecule has 6 heteroatoms. The van der Waals surface area contributed by atoms with Gasteiger partial charge < -0.3 is 9.80 Å². The van der Waals surface area contributed by atoms with E-state index in [0.29, 0.717) is 12.1 Å². The van der Waals surface area contributed by atoms with Crippen molar-refractivity contribution in [3.05, 3.63) is 59.7 Å². The van der Waals surface area contributed by atoms with Crippen LogP contribution in [0.1, 0.15) is 49.2 Å². The molecule has 0 aromatic carbocycles. The van der Waals surface area contributed by atoms with E-state index < -0.39 is 0 Å². The highest BCUT2D eigenvalue weighted by atomic mass is 15.3. The van der Waals surface area contributed by atoms with Crippen molar-refractivity contribution in [3.8, 4) is 0 Å². The number of hydrogen-bond donors (Lipinski definition) is 0. The molecular formula is C25H34N6. The topological polar surface area (TPSA) is 39.9 Å². The van der Waals surface area contributed by atoms with E-state index in [1.165, 1.54) is 36.3 Å². The molecule has 1 fully saturated rings. The summed E-state index contributed by atoms with van der Waals surface area (Å²) < 4.78 is 2.29. The Morgan fingerprint density at radius 1 is 1.13 bits per heavy atom. The summed E-state index contributed by atoms with van der Waals surface area (Å²) in [6.07, 6.45) is 8.96. The molecule has 0 radical (unpaired) electrons. The number of hydrogen-bond acceptors (Lipinski definition) is 5. The van der Waals surface area contributed by atoms with Crippen LogP contribution in [0.4, 0.5) is 5.82 Å². The van der Waals surface area contributed by atoms with Crippen LogP contribution in [0.5, 0.6) is 0 Å². The molecule has 164 valence electrons. The number of anilines is 1. The van der Waals surface area contributed by atoms with E-state index in [2.05, 4.69) is 76.6 Å². The van der Waals surface area contributed by atoms with Gasteiger partial charge in [0.1, 0.15) is 11.5 Å². The molecule has 3 aromatic heterocycles. The van der Waals surface area contributed by atoms with Crippen LogP contribution in [0.25, 0.3) is 5.65 Å². The fourth-order valence-electron chi connectivity index (χ4n) is 5.34. The Morgan fingerprint density at radius 3 is 2.84 bits per heavy atom. The van der Waals surface area contributed by atoms with E-state index in [4.69, 9.17) is 9.97 Å². The van der Waals surface area contributed by atoms with Crippen LogP contribution in [-0.4, -0.2) is 63.9 Å². The van der Waals surface area contributed by atoms with Crippen LogP contribution >= 0.6 is 0 Å². The molecule has 6 nitrogen and oxygen atoms in total. The molecule has 0 spiro atoms. The quantitative estimate of drug-likeness (QED) is 0.609. The highest BCUT2D eigenvalue weighted by Crippen LogP contribution is 2.33. The molecule has 4 heterocycles. The second-order valence-corrected chi connectivity index (χ2v) is 9.22. The fraction of sp³-hybridized carbons (Fsp3) is 0.520. The van der Waals surface area contributed by atoms with Gasteiger partial charge in [0, 0.05) is 38.1 Å². The molecule has 1 saturated heterocycles. The first-order valence-corrected chi connectivity index (χ1v) is 11.7. The lowest BCUT2D eigenvalue weighted by molar-refractivity contribution is 0.173. The predicted octanol–water partition coefficient (Wildman–Crippen LogP) is 3.77. The molecule has 0 saturated carbocycles. The molecule has 3 aromatic rings. The minimum absolute atomic E-state index is 0.388. The highest BCUT2D eigenvalue weighted by Gasteiger charge is 2.28. The maximum atomic E-state index is 5.00. The first-order valence-electron chi connectivity index (χ1n) is 11.7. The van der Waals surface area contributed by atoms with Crippen molar-refractivity contribution in [2.24, 2.45) is 0 Å². The number of rotatable bonds is 6. The Hall–Kier alpha value is -2.44. The summed E-state index contributed by atoms with van der Waals surface area (Å²) in [6, 6.07) is 11.8. The van der Waals surface area contributed by atoms with Gasteiger partial charge in [0.2, 0.25) is 0 Å². The molecule has 1 aliphatic heterocycles. The van der Waals surface area contributed by atoms with E-state index in [0.717, 1.165) is 43.9 Å². The summed E-state index contributed by atoms with van der Waals surface area (Å²) in [7, 11) is 4.36. The minimum atomic E-state index is 0.388. The van der Waals surface area contributed by atoms with Crippen LogP contribution in [0.15, 0.2) is 42.7 Å². The molecular weight excluding hydrogens is 384 g/mol. The average molecular weight is 419 g/mol. The van der Waals surface area contributed by atoms with Crippen LogP contribution < -0.4 is 4.90 Å². The summed E-state index contributed by atoms with van der Waals surface area (Å²) in [6.45, 7) is 6.28. The van der Waals surface area contributed by atoms with Gasteiger partial charge in [-0.3, -0.25) is 14.3 Å². The number of imidazole rings is 1. The van der Waals surface area contributed by atoms with Gasteiger partial charge in [-0.1, -0.05) is 19.1 Å². The summed E-state index contributed by atoms with van der Waals surface area (Å²) in [5.41, 5.74) is 4.87. The third-order valence-electron chi connectivity index (χ3n) is 7.12. The van der Waals surface area contributed by atoms with Gasteiger partial charge in [-0.25, -0.2) is 4.98 Å². The van der Waals surface area contributed by atoms with Crippen molar-refractivity contribution in [2.45, 2.75) is 51.2 Å². The molecule has 5 rings (SSSR count). The van der Waals surface area contributed by atoms with Crippen molar-refractivity contribution in [1.82, 2.24) is 24.2 Å². The number of aromatic nitrogens is 3. The lowest BCUT2D eigenvalue weighted by Gasteiger charge is -2.33. The van der Waals surface area contributed by atoms with Crippen molar-refractivity contribution < 1.29 is 0 Å². The molecule has 0 amide bonds. The second kappa shape index (κ2) is 8.60. The van der Waals surface area contributed by atoms with Crippen molar-refractivity contribution >= 4 is 11.5 Å². The van der Waals surface area contributed by atoms with E-state index >= 15 is 0 Å². The van der Waals surface area contributed by atoms with Crippen molar-refractivity contribution in [3.63, 3.8) is 0 Å². The maximum absolute atomic E-state index is 5.00. The summed E-state index contributed by atoms with van der Waals surface area (Å²) in [4.78, 5) is 17.2. The number of likely N-dealkylation sites (N-methyl/N-ethyl adjacent to an activating group) is 1. The third kappa shape index (κ3) is 3.94. The van der Waals surface area contributed by atoms with Crippen LogP contribution in [-0.2, 0) is 13.0 Å². The third-order valence-corrected chi connectivity index (χ3v) is 7.12. The fourth-order valence-corrected chi connectivity index (χ4v) is 5.34. The number of pyridine rings is 2. The number of nitrogens with zero attached hydrogens (tertiary/aromatic N) is 6. The summed E-state index contributed by atoms with van der Waals surface area (Å²) in [5, 5.41) is 0.